The Labute approximate surface area is 129 Å². The molecule has 7 heteroatoms. The molecule has 1 aromatic carbocycles. The van der Waals surface area contributed by atoms with E-state index >= 15 is 0 Å². The van der Waals surface area contributed by atoms with Crippen molar-refractivity contribution in [3.05, 3.63) is 39.9 Å². The first-order valence-corrected chi connectivity index (χ1v) is 7.37. The van der Waals surface area contributed by atoms with Crippen molar-refractivity contribution >= 4 is 11.6 Å². The number of ether oxygens (including phenoxy) is 1. The van der Waals surface area contributed by atoms with E-state index in [1.165, 1.54) is 24.3 Å². The first kappa shape index (κ1) is 16.4. The Morgan fingerprint density at radius 2 is 2.18 bits per heavy atom. The summed E-state index contributed by atoms with van der Waals surface area (Å²) in [5.74, 6) is -0.200. The van der Waals surface area contributed by atoms with Gasteiger partial charge in [-0.15, -0.1) is 0 Å². The van der Waals surface area contributed by atoms with Gasteiger partial charge in [-0.3, -0.25) is 19.8 Å². The first-order valence-electron chi connectivity index (χ1n) is 7.37. The van der Waals surface area contributed by atoms with Gasteiger partial charge in [0, 0.05) is 43.9 Å². The number of rotatable bonds is 7. The minimum absolute atomic E-state index is 0.0157. The second-order valence-electron chi connectivity index (χ2n) is 5.34. The van der Waals surface area contributed by atoms with E-state index in [0.717, 1.165) is 25.9 Å². The van der Waals surface area contributed by atoms with Crippen molar-refractivity contribution in [1.82, 2.24) is 10.2 Å². The number of methoxy groups -OCH3 is 1. The van der Waals surface area contributed by atoms with Gasteiger partial charge in [0.1, 0.15) is 0 Å². The summed E-state index contributed by atoms with van der Waals surface area (Å²) in [6.45, 7) is 3.17. The number of benzene rings is 1. The highest BCUT2D eigenvalue weighted by Gasteiger charge is 2.24. The van der Waals surface area contributed by atoms with Crippen molar-refractivity contribution in [2.24, 2.45) is 0 Å². The maximum Gasteiger partial charge on any atom is 0.269 e. The van der Waals surface area contributed by atoms with Crippen LogP contribution in [0.25, 0.3) is 0 Å². The van der Waals surface area contributed by atoms with Crippen molar-refractivity contribution in [2.45, 2.75) is 18.9 Å². The molecule has 7 nitrogen and oxygen atoms in total. The van der Waals surface area contributed by atoms with E-state index in [-0.39, 0.29) is 11.6 Å². The Kier molecular flexibility index (Phi) is 5.85. The lowest BCUT2D eigenvalue weighted by atomic mass is 10.1. The maximum absolute atomic E-state index is 12.1. The third kappa shape index (κ3) is 4.25. The van der Waals surface area contributed by atoms with Crippen molar-refractivity contribution in [2.75, 3.05) is 33.4 Å². The molecular weight excluding hydrogens is 286 g/mol. The van der Waals surface area contributed by atoms with Gasteiger partial charge in [0.15, 0.2) is 0 Å². The highest BCUT2D eigenvalue weighted by atomic mass is 16.6. The fourth-order valence-electron chi connectivity index (χ4n) is 2.68. The van der Waals surface area contributed by atoms with Crippen molar-refractivity contribution in [1.29, 1.82) is 0 Å². The highest BCUT2D eigenvalue weighted by Crippen LogP contribution is 2.16. The van der Waals surface area contributed by atoms with Crippen LogP contribution in [0.1, 0.15) is 23.2 Å². The fraction of sp³-hybridized carbons (Fsp3) is 0.533. The largest absolute Gasteiger partial charge is 0.383 e. The number of non-ortho nitro benzene ring substituents is 1. The van der Waals surface area contributed by atoms with Crippen LogP contribution in [0.3, 0.4) is 0 Å². The Morgan fingerprint density at radius 3 is 2.82 bits per heavy atom. The number of amides is 1. The van der Waals surface area contributed by atoms with Gasteiger partial charge in [-0.25, -0.2) is 0 Å². The topological polar surface area (TPSA) is 84.7 Å². The normalized spacial score (nSPS) is 18.3. The molecule has 1 aromatic rings. The van der Waals surface area contributed by atoms with Gasteiger partial charge in [-0.2, -0.15) is 0 Å². The van der Waals surface area contributed by atoms with Crippen LogP contribution in [0.4, 0.5) is 5.69 Å². The second-order valence-corrected chi connectivity index (χ2v) is 5.34. The summed E-state index contributed by atoms with van der Waals surface area (Å²) < 4.78 is 5.09. The maximum atomic E-state index is 12.1. The van der Waals surface area contributed by atoms with Crippen molar-refractivity contribution in [3.63, 3.8) is 0 Å². The fourth-order valence-corrected chi connectivity index (χ4v) is 2.68. The average molecular weight is 307 g/mol. The van der Waals surface area contributed by atoms with Crippen molar-refractivity contribution in [3.8, 4) is 0 Å². The van der Waals surface area contributed by atoms with Gasteiger partial charge in [-0.1, -0.05) is 0 Å². The van der Waals surface area contributed by atoms with Crippen molar-refractivity contribution < 1.29 is 14.5 Å². The standard InChI is InChI=1S/C15H21N3O4/c1-22-10-9-17-8-2-3-14(17)11-16-15(19)12-4-6-13(7-5-12)18(20)21/h4-7,14H,2-3,8-11H2,1H3,(H,16,19)/t14-/m1/s1. The zero-order chi connectivity index (χ0) is 15.9. The van der Waals surface area contributed by atoms with Crippen LogP contribution in [0, 0.1) is 10.1 Å². The number of hydrogen-bond acceptors (Lipinski definition) is 5. The SMILES string of the molecule is COCCN1CCC[C@@H]1CNC(=O)c1ccc([N+](=O)[O-])cc1. The van der Waals surface area contributed by atoms with Gasteiger partial charge in [-0.05, 0) is 31.5 Å². The number of hydrogen-bond donors (Lipinski definition) is 1. The van der Waals surface area contributed by atoms with Crippen LogP contribution in [-0.4, -0.2) is 55.1 Å². The summed E-state index contributed by atoms with van der Waals surface area (Å²) in [4.78, 5) is 24.5. The number of nitrogens with one attached hydrogen (secondary N) is 1. The first-order chi connectivity index (χ1) is 10.6. The van der Waals surface area contributed by atoms with E-state index in [9.17, 15) is 14.9 Å². The monoisotopic (exact) mass is 307 g/mol. The van der Waals surface area contributed by atoms with Gasteiger partial charge in [0.2, 0.25) is 0 Å². The zero-order valence-electron chi connectivity index (χ0n) is 12.7. The number of nitrogens with zero attached hydrogens (tertiary/aromatic N) is 2. The molecule has 120 valence electrons. The van der Waals surface area contributed by atoms with E-state index in [2.05, 4.69) is 10.2 Å². The molecule has 0 radical (unpaired) electrons. The van der Waals surface area contributed by atoms with Crippen LogP contribution >= 0.6 is 0 Å². The molecule has 0 saturated carbocycles. The van der Waals surface area contributed by atoms with Crippen LogP contribution in [0.15, 0.2) is 24.3 Å². The number of carbonyl (C=O) groups excluding carboxylic acids is 1. The second kappa shape index (κ2) is 7.86. The van der Waals surface area contributed by atoms with Gasteiger partial charge in [0.25, 0.3) is 11.6 Å². The van der Waals surface area contributed by atoms with Crippen LogP contribution in [0.2, 0.25) is 0 Å². The number of carbonyl (C=O) groups is 1. The summed E-state index contributed by atoms with van der Waals surface area (Å²) in [5.41, 5.74) is 0.421. The molecule has 0 aliphatic carbocycles. The minimum Gasteiger partial charge on any atom is -0.383 e. The predicted octanol–water partition coefficient (Wildman–Crippen LogP) is 1.44. The van der Waals surface area contributed by atoms with Gasteiger partial charge in [0.05, 0.1) is 11.5 Å². The third-order valence-corrected chi connectivity index (χ3v) is 3.92. The number of likely N-dealkylation sites (tertiary alicyclic amines) is 1. The molecule has 2 rings (SSSR count). The Bertz CT molecular complexity index is 518. The smallest absolute Gasteiger partial charge is 0.269 e. The van der Waals surface area contributed by atoms with E-state index < -0.39 is 4.92 Å². The summed E-state index contributed by atoms with van der Waals surface area (Å²) in [6, 6.07) is 5.97. The third-order valence-electron chi connectivity index (χ3n) is 3.92. The summed E-state index contributed by atoms with van der Waals surface area (Å²) in [7, 11) is 1.68. The molecule has 1 fully saturated rings. The molecule has 1 saturated heterocycles. The number of nitro groups is 1. The van der Waals surface area contributed by atoms with E-state index in [4.69, 9.17) is 4.74 Å². The average Bonchev–Trinajstić information content (AvgIpc) is 2.98. The minimum atomic E-state index is -0.478. The molecule has 1 atom stereocenters. The van der Waals surface area contributed by atoms with Crippen LogP contribution in [-0.2, 0) is 4.74 Å². The molecule has 0 unspecified atom stereocenters. The highest BCUT2D eigenvalue weighted by molar-refractivity contribution is 5.94. The molecule has 0 spiro atoms. The Balaban J connectivity index is 1.85. The molecule has 1 heterocycles. The summed E-state index contributed by atoms with van der Waals surface area (Å²) in [5, 5.41) is 13.5. The molecule has 22 heavy (non-hydrogen) atoms. The lowest BCUT2D eigenvalue weighted by Crippen LogP contribution is -2.41. The van der Waals surface area contributed by atoms with E-state index in [1.807, 2.05) is 0 Å². The molecule has 1 aliphatic heterocycles. The summed E-state index contributed by atoms with van der Waals surface area (Å²) in [6.07, 6.45) is 2.19. The molecular formula is C15H21N3O4. The molecule has 1 aliphatic rings. The quantitative estimate of drug-likeness (QED) is 0.608. The van der Waals surface area contributed by atoms with E-state index in [0.29, 0.717) is 24.8 Å². The lowest BCUT2D eigenvalue weighted by molar-refractivity contribution is -0.384. The molecule has 0 aromatic heterocycles. The molecule has 0 bridgehead atoms. The Morgan fingerprint density at radius 1 is 1.45 bits per heavy atom. The van der Waals surface area contributed by atoms with E-state index in [1.54, 1.807) is 7.11 Å². The summed E-state index contributed by atoms with van der Waals surface area (Å²) >= 11 is 0. The van der Waals surface area contributed by atoms with Crippen LogP contribution < -0.4 is 5.32 Å². The molecule has 1 amide bonds. The van der Waals surface area contributed by atoms with Gasteiger partial charge < -0.3 is 10.1 Å². The van der Waals surface area contributed by atoms with Crippen LogP contribution in [0.5, 0.6) is 0 Å². The zero-order valence-corrected chi connectivity index (χ0v) is 12.7. The predicted molar refractivity (Wildman–Crippen MR) is 81.9 cm³/mol. The molecule has 1 N–H and O–H groups in total. The van der Waals surface area contributed by atoms with Gasteiger partial charge >= 0.3 is 0 Å². The number of nitro benzene ring substituents is 1. The Hall–Kier alpha value is -1.99. The lowest BCUT2D eigenvalue weighted by Gasteiger charge is -2.24.